The third-order valence-electron chi connectivity index (χ3n) is 3.59. The third kappa shape index (κ3) is 2.51. The molecule has 2 aliphatic heterocycles. The van der Waals surface area contributed by atoms with Gasteiger partial charge in [-0.25, -0.2) is 0 Å². The normalized spacial score (nSPS) is 22.4. The van der Waals surface area contributed by atoms with Crippen LogP contribution in [0.2, 0.25) is 0 Å². The summed E-state index contributed by atoms with van der Waals surface area (Å²) in [5, 5.41) is 0. The maximum atomic E-state index is 5.99. The van der Waals surface area contributed by atoms with E-state index < -0.39 is 0 Å². The van der Waals surface area contributed by atoms with E-state index >= 15 is 0 Å². The number of nitrogen functional groups attached to an aromatic ring is 1. The van der Waals surface area contributed by atoms with Crippen molar-refractivity contribution in [1.82, 2.24) is 0 Å². The summed E-state index contributed by atoms with van der Waals surface area (Å²) in [6, 6.07) is 6.18. The average molecular weight is 249 g/mol. The van der Waals surface area contributed by atoms with Crippen molar-refractivity contribution in [1.29, 1.82) is 0 Å². The van der Waals surface area contributed by atoms with Crippen molar-refractivity contribution in [2.75, 3.05) is 32.2 Å². The fourth-order valence-corrected chi connectivity index (χ4v) is 2.66. The largest absolute Gasteiger partial charge is 0.399 e. The summed E-state index contributed by atoms with van der Waals surface area (Å²) in [6.45, 7) is 2.99. The van der Waals surface area contributed by atoms with E-state index in [9.17, 15) is 0 Å². The number of rotatable bonds is 2. The van der Waals surface area contributed by atoms with Crippen molar-refractivity contribution in [3.05, 3.63) is 29.3 Å². The van der Waals surface area contributed by atoms with Gasteiger partial charge in [-0.2, -0.15) is 0 Å². The molecule has 2 N–H and O–H groups in total. The SMILES string of the molecule is Nc1cc(C2CCOCC2)cc(C2OCCO2)c1. The number of nitrogens with two attached hydrogens (primary N) is 1. The van der Waals surface area contributed by atoms with Gasteiger partial charge in [0, 0.05) is 24.5 Å². The Kier molecular flexibility index (Phi) is 3.50. The molecule has 98 valence electrons. The Labute approximate surface area is 107 Å². The highest BCUT2D eigenvalue weighted by Gasteiger charge is 2.22. The third-order valence-corrected chi connectivity index (χ3v) is 3.59. The Bertz CT molecular complexity index is 410. The molecule has 4 heteroatoms. The zero-order chi connectivity index (χ0) is 12.4. The first-order valence-corrected chi connectivity index (χ1v) is 6.54. The number of hydrogen-bond donors (Lipinski definition) is 1. The van der Waals surface area contributed by atoms with Crippen molar-refractivity contribution >= 4 is 5.69 Å². The van der Waals surface area contributed by atoms with Gasteiger partial charge in [0.05, 0.1) is 13.2 Å². The number of hydrogen-bond acceptors (Lipinski definition) is 4. The molecule has 1 aromatic rings. The molecule has 0 radical (unpaired) electrons. The van der Waals surface area contributed by atoms with Crippen LogP contribution >= 0.6 is 0 Å². The van der Waals surface area contributed by atoms with Crippen LogP contribution in [-0.2, 0) is 14.2 Å². The fourth-order valence-electron chi connectivity index (χ4n) is 2.66. The van der Waals surface area contributed by atoms with Crippen LogP contribution in [0.4, 0.5) is 5.69 Å². The highest BCUT2D eigenvalue weighted by atomic mass is 16.7. The van der Waals surface area contributed by atoms with Gasteiger partial charge in [-0.05, 0) is 36.5 Å². The Hall–Kier alpha value is -1.10. The van der Waals surface area contributed by atoms with Gasteiger partial charge in [0.2, 0.25) is 0 Å². The van der Waals surface area contributed by atoms with E-state index in [0.29, 0.717) is 19.1 Å². The lowest BCUT2D eigenvalue weighted by Gasteiger charge is -2.23. The maximum Gasteiger partial charge on any atom is 0.184 e. The first kappa shape index (κ1) is 12.0. The predicted molar refractivity (Wildman–Crippen MR) is 68.3 cm³/mol. The Morgan fingerprint density at radius 3 is 2.28 bits per heavy atom. The summed E-state index contributed by atoms with van der Waals surface area (Å²) in [5.41, 5.74) is 9.10. The summed E-state index contributed by atoms with van der Waals surface area (Å²) in [4.78, 5) is 0. The number of anilines is 1. The zero-order valence-corrected chi connectivity index (χ0v) is 10.4. The zero-order valence-electron chi connectivity index (χ0n) is 10.4. The lowest BCUT2D eigenvalue weighted by molar-refractivity contribution is -0.0441. The first-order chi connectivity index (χ1) is 8.83. The minimum atomic E-state index is -0.243. The molecular weight excluding hydrogens is 230 g/mol. The standard InChI is InChI=1S/C14H19NO3/c15-13-8-11(10-1-3-16-4-2-10)7-12(9-13)14-17-5-6-18-14/h7-10,14H,1-6,15H2. The smallest absolute Gasteiger partial charge is 0.184 e. The molecule has 18 heavy (non-hydrogen) atoms. The second-order valence-corrected chi connectivity index (χ2v) is 4.89. The van der Waals surface area contributed by atoms with Crippen LogP contribution in [0.1, 0.15) is 36.2 Å². The maximum absolute atomic E-state index is 5.99. The van der Waals surface area contributed by atoms with Crippen molar-refractivity contribution in [2.24, 2.45) is 0 Å². The minimum Gasteiger partial charge on any atom is -0.399 e. The quantitative estimate of drug-likeness (QED) is 0.816. The van der Waals surface area contributed by atoms with Gasteiger partial charge in [0.1, 0.15) is 0 Å². The van der Waals surface area contributed by atoms with Gasteiger partial charge in [0.15, 0.2) is 6.29 Å². The highest BCUT2D eigenvalue weighted by molar-refractivity contribution is 5.46. The van der Waals surface area contributed by atoms with Gasteiger partial charge >= 0.3 is 0 Å². The van der Waals surface area contributed by atoms with Gasteiger partial charge in [0.25, 0.3) is 0 Å². The summed E-state index contributed by atoms with van der Waals surface area (Å²) in [7, 11) is 0. The van der Waals surface area contributed by atoms with Crippen LogP contribution in [-0.4, -0.2) is 26.4 Å². The molecule has 2 aliphatic rings. The molecule has 3 rings (SSSR count). The molecule has 2 heterocycles. The number of ether oxygens (including phenoxy) is 3. The second kappa shape index (κ2) is 5.26. The first-order valence-electron chi connectivity index (χ1n) is 6.54. The minimum absolute atomic E-state index is 0.243. The van der Waals surface area contributed by atoms with E-state index in [1.54, 1.807) is 0 Å². The van der Waals surface area contributed by atoms with Gasteiger partial charge in [-0.1, -0.05) is 6.07 Å². The van der Waals surface area contributed by atoms with Crippen LogP contribution < -0.4 is 5.73 Å². The molecule has 0 amide bonds. The molecular formula is C14H19NO3. The molecule has 0 bridgehead atoms. The van der Waals surface area contributed by atoms with E-state index in [1.165, 1.54) is 5.56 Å². The van der Waals surface area contributed by atoms with E-state index in [4.69, 9.17) is 19.9 Å². The Morgan fingerprint density at radius 2 is 1.56 bits per heavy atom. The molecule has 0 saturated carbocycles. The van der Waals surface area contributed by atoms with E-state index in [2.05, 4.69) is 12.1 Å². The van der Waals surface area contributed by atoms with E-state index in [1.807, 2.05) is 6.07 Å². The topological polar surface area (TPSA) is 53.7 Å². The van der Waals surface area contributed by atoms with Crippen molar-refractivity contribution in [3.63, 3.8) is 0 Å². The Morgan fingerprint density at radius 1 is 0.889 bits per heavy atom. The summed E-state index contributed by atoms with van der Waals surface area (Å²) >= 11 is 0. The Balaban J connectivity index is 1.84. The molecule has 0 aliphatic carbocycles. The van der Waals surface area contributed by atoms with Gasteiger partial charge in [-0.15, -0.1) is 0 Å². The van der Waals surface area contributed by atoms with Crippen LogP contribution in [0.5, 0.6) is 0 Å². The van der Waals surface area contributed by atoms with Gasteiger partial charge in [-0.3, -0.25) is 0 Å². The lowest BCUT2D eigenvalue weighted by Crippen LogP contribution is -2.14. The molecule has 1 aromatic carbocycles. The summed E-state index contributed by atoms with van der Waals surface area (Å²) in [6.07, 6.45) is 1.89. The summed E-state index contributed by atoms with van der Waals surface area (Å²) in [5.74, 6) is 0.544. The molecule has 4 nitrogen and oxygen atoms in total. The monoisotopic (exact) mass is 249 g/mol. The van der Waals surface area contributed by atoms with Crippen molar-refractivity contribution in [2.45, 2.75) is 25.0 Å². The molecule has 0 aromatic heterocycles. The molecule has 2 saturated heterocycles. The predicted octanol–water partition coefficient (Wildman–Crippen LogP) is 2.21. The van der Waals surface area contributed by atoms with Crippen LogP contribution in [0.25, 0.3) is 0 Å². The van der Waals surface area contributed by atoms with E-state index in [0.717, 1.165) is 37.3 Å². The highest BCUT2D eigenvalue weighted by Crippen LogP contribution is 2.32. The molecule has 0 spiro atoms. The number of benzene rings is 1. The van der Waals surface area contributed by atoms with Crippen molar-refractivity contribution in [3.8, 4) is 0 Å². The summed E-state index contributed by atoms with van der Waals surface area (Å²) < 4.78 is 16.5. The average Bonchev–Trinajstić information content (AvgIpc) is 2.93. The lowest BCUT2D eigenvalue weighted by atomic mass is 9.90. The van der Waals surface area contributed by atoms with Crippen LogP contribution in [0.3, 0.4) is 0 Å². The molecule has 2 fully saturated rings. The van der Waals surface area contributed by atoms with E-state index in [-0.39, 0.29) is 6.29 Å². The second-order valence-electron chi connectivity index (χ2n) is 4.89. The van der Waals surface area contributed by atoms with Crippen molar-refractivity contribution < 1.29 is 14.2 Å². The van der Waals surface area contributed by atoms with Gasteiger partial charge < -0.3 is 19.9 Å². The fraction of sp³-hybridized carbons (Fsp3) is 0.571. The molecule has 0 atom stereocenters. The molecule has 0 unspecified atom stereocenters. The van der Waals surface area contributed by atoms with Crippen LogP contribution in [0.15, 0.2) is 18.2 Å². The van der Waals surface area contributed by atoms with Crippen LogP contribution in [0, 0.1) is 0 Å².